The number of carbonyl (C=O) groups is 6. The fraction of sp³-hybridized carbons (Fsp3) is 0.795. The standard InChI is InChI=1S/C39H69N5O11/c1-36(2,21-41-31(46)15-17-44-33(48)13-14-34(44)49)25-53-18-16-32(47)43-29(35(50)42-23-38(5,6)26-54-20-19-51-9)11-12-30(45)40-22-37(3,4)27-55-28-39(7,8)24-52-10/h13-14,29H,11-12,15-28H2,1-10H3,(H,40,45)(H,41,46)(H,42,50)(H,43,47)/t29-/m0/s1. The average molecular weight is 784 g/mol. The van der Waals surface area contributed by atoms with E-state index in [0.29, 0.717) is 46.2 Å². The van der Waals surface area contributed by atoms with E-state index in [1.165, 1.54) is 12.2 Å². The van der Waals surface area contributed by atoms with E-state index in [1.807, 2.05) is 41.5 Å². The molecule has 0 aliphatic carbocycles. The number of hydrogen-bond acceptors (Lipinski definition) is 11. The molecule has 0 bridgehead atoms. The summed E-state index contributed by atoms with van der Waals surface area (Å²) in [4.78, 5) is 76.0. The molecule has 1 rings (SSSR count). The van der Waals surface area contributed by atoms with Gasteiger partial charge in [-0.2, -0.15) is 0 Å². The molecule has 55 heavy (non-hydrogen) atoms. The van der Waals surface area contributed by atoms with Gasteiger partial charge in [0, 0.05) is 93.5 Å². The first-order valence-corrected chi connectivity index (χ1v) is 19.0. The summed E-state index contributed by atoms with van der Waals surface area (Å²) in [6.07, 6.45) is 2.39. The third-order valence-corrected chi connectivity index (χ3v) is 8.46. The molecule has 1 heterocycles. The monoisotopic (exact) mass is 783 g/mol. The third-order valence-electron chi connectivity index (χ3n) is 8.46. The van der Waals surface area contributed by atoms with Crippen molar-refractivity contribution in [2.45, 2.75) is 87.1 Å². The molecule has 0 saturated heterocycles. The van der Waals surface area contributed by atoms with E-state index in [2.05, 4.69) is 35.1 Å². The van der Waals surface area contributed by atoms with E-state index in [0.717, 1.165) is 4.90 Å². The van der Waals surface area contributed by atoms with Gasteiger partial charge >= 0.3 is 0 Å². The second kappa shape index (κ2) is 24.3. The molecule has 4 N–H and O–H groups in total. The smallest absolute Gasteiger partial charge is 0.253 e. The maximum Gasteiger partial charge on any atom is 0.253 e. The number of methoxy groups -OCH3 is 2. The number of rotatable bonds is 30. The van der Waals surface area contributed by atoms with Gasteiger partial charge in [0.25, 0.3) is 11.8 Å². The van der Waals surface area contributed by atoms with Gasteiger partial charge in [-0.25, -0.2) is 0 Å². The fourth-order valence-corrected chi connectivity index (χ4v) is 5.17. The van der Waals surface area contributed by atoms with Crippen LogP contribution in [-0.2, 0) is 52.5 Å². The van der Waals surface area contributed by atoms with Crippen LogP contribution in [-0.4, -0.2) is 140 Å². The lowest BCUT2D eigenvalue weighted by molar-refractivity contribution is -0.137. The Bertz CT molecular complexity index is 1260. The maximum atomic E-state index is 13.4. The number of ether oxygens (including phenoxy) is 5. The fourth-order valence-electron chi connectivity index (χ4n) is 5.17. The Hall–Kier alpha value is -3.44. The molecule has 0 radical (unpaired) electrons. The van der Waals surface area contributed by atoms with Crippen LogP contribution in [0.4, 0.5) is 0 Å². The summed E-state index contributed by atoms with van der Waals surface area (Å²) in [6, 6.07) is -0.962. The second-order valence-electron chi connectivity index (χ2n) is 17.3. The maximum absolute atomic E-state index is 13.4. The van der Waals surface area contributed by atoms with Crippen molar-refractivity contribution in [2.24, 2.45) is 21.7 Å². The minimum absolute atomic E-state index is 0.00432. The predicted octanol–water partition coefficient (Wildman–Crippen LogP) is 1.75. The van der Waals surface area contributed by atoms with Gasteiger partial charge in [-0.3, -0.25) is 33.7 Å². The highest BCUT2D eigenvalue weighted by molar-refractivity contribution is 6.13. The normalized spacial score (nSPS) is 14.3. The molecule has 1 atom stereocenters. The lowest BCUT2D eigenvalue weighted by Crippen LogP contribution is -2.50. The highest BCUT2D eigenvalue weighted by Gasteiger charge is 2.28. The lowest BCUT2D eigenvalue weighted by atomic mass is 9.93. The van der Waals surface area contributed by atoms with Crippen molar-refractivity contribution in [1.82, 2.24) is 26.2 Å². The molecule has 0 unspecified atom stereocenters. The van der Waals surface area contributed by atoms with Crippen LogP contribution in [0.25, 0.3) is 0 Å². The zero-order valence-corrected chi connectivity index (χ0v) is 35.0. The van der Waals surface area contributed by atoms with Crippen molar-refractivity contribution < 1.29 is 52.5 Å². The molecule has 1 aliphatic rings. The molecule has 16 nitrogen and oxygen atoms in total. The van der Waals surface area contributed by atoms with Crippen LogP contribution in [0, 0.1) is 21.7 Å². The number of nitrogens with zero attached hydrogens (tertiary/aromatic N) is 1. The molecular formula is C39H69N5O11. The number of imide groups is 1. The van der Waals surface area contributed by atoms with Gasteiger partial charge in [-0.15, -0.1) is 0 Å². The van der Waals surface area contributed by atoms with Gasteiger partial charge in [-0.1, -0.05) is 55.4 Å². The van der Waals surface area contributed by atoms with Gasteiger partial charge in [-0.05, 0) is 6.42 Å². The quantitative estimate of drug-likeness (QED) is 0.0612. The van der Waals surface area contributed by atoms with Crippen LogP contribution in [0.15, 0.2) is 12.2 Å². The van der Waals surface area contributed by atoms with E-state index in [9.17, 15) is 28.8 Å². The van der Waals surface area contributed by atoms with Crippen LogP contribution in [0.3, 0.4) is 0 Å². The number of amides is 6. The first-order valence-electron chi connectivity index (χ1n) is 19.0. The Kier molecular flexibility index (Phi) is 21.9. The minimum atomic E-state index is -0.962. The molecule has 0 spiro atoms. The van der Waals surface area contributed by atoms with Crippen molar-refractivity contribution in [3.8, 4) is 0 Å². The summed E-state index contributed by atoms with van der Waals surface area (Å²) in [6.45, 7) is 19.8. The van der Waals surface area contributed by atoms with Crippen molar-refractivity contribution in [2.75, 3.05) is 93.3 Å². The second-order valence-corrected chi connectivity index (χ2v) is 17.3. The number of nitrogens with one attached hydrogen (secondary N) is 4. The summed E-state index contributed by atoms with van der Waals surface area (Å²) >= 11 is 0. The van der Waals surface area contributed by atoms with Crippen molar-refractivity contribution >= 4 is 35.4 Å². The lowest BCUT2D eigenvalue weighted by Gasteiger charge is -2.29. The summed E-state index contributed by atoms with van der Waals surface area (Å²) in [5, 5.41) is 11.4. The Balaban J connectivity index is 2.65. The average Bonchev–Trinajstić information content (AvgIpc) is 3.42. The first-order chi connectivity index (χ1) is 25.6. The molecule has 6 amide bonds. The Labute approximate surface area is 327 Å². The van der Waals surface area contributed by atoms with Crippen LogP contribution >= 0.6 is 0 Å². The summed E-state index contributed by atoms with van der Waals surface area (Å²) in [5.74, 6) is -2.26. The van der Waals surface area contributed by atoms with Crippen molar-refractivity contribution in [3.63, 3.8) is 0 Å². The Morgan fingerprint density at radius 1 is 0.582 bits per heavy atom. The SMILES string of the molecule is COCCOCC(C)(C)CNC(=O)[C@H](CCC(=O)NCC(C)(C)COCC(C)(C)COC)NC(=O)CCOCC(C)(C)CNC(=O)CCN1C(=O)C=CC1=O. The molecule has 0 saturated carbocycles. The van der Waals surface area contributed by atoms with Gasteiger partial charge in [0.1, 0.15) is 6.04 Å². The highest BCUT2D eigenvalue weighted by atomic mass is 16.5. The highest BCUT2D eigenvalue weighted by Crippen LogP contribution is 2.20. The van der Waals surface area contributed by atoms with Gasteiger partial charge in [0.15, 0.2) is 0 Å². The Morgan fingerprint density at radius 2 is 1.07 bits per heavy atom. The summed E-state index contributed by atoms with van der Waals surface area (Å²) < 4.78 is 27.6. The van der Waals surface area contributed by atoms with Crippen LogP contribution in [0.5, 0.6) is 0 Å². The molecule has 316 valence electrons. The molecule has 0 aromatic heterocycles. The number of hydrogen-bond donors (Lipinski definition) is 4. The molecular weight excluding hydrogens is 714 g/mol. The summed E-state index contributed by atoms with van der Waals surface area (Å²) in [7, 11) is 3.25. The van der Waals surface area contributed by atoms with Gasteiger partial charge in [0.2, 0.25) is 23.6 Å². The topological polar surface area (TPSA) is 200 Å². The van der Waals surface area contributed by atoms with Gasteiger partial charge < -0.3 is 45.0 Å². The van der Waals surface area contributed by atoms with E-state index in [-0.39, 0.29) is 81.2 Å². The van der Waals surface area contributed by atoms with Crippen LogP contribution in [0.1, 0.15) is 81.1 Å². The largest absolute Gasteiger partial charge is 0.384 e. The van der Waals surface area contributed by atoms with Crippen molar-refractivity contribution in [1.29, 1.82) is 0 Å². The predicted molar refractivity (Wildman–Crippen MR) is 207 cm³/mol. The minimum Gasteiger partial charge on any atom is -0.384 e. The summed E-state index contributed by atoms with van der Waals surface area (Å²) in [5.41, 5.74) is -1.35. The van der Waals surface area contributed by atoms with Gasteiger partial charge in [0.05, 0.1) is 52.9 Å². The molecule has 0 aromatic carbocycles. The van der Waals surface area contributed by atoms with Crippen LogP contribution < -0.4 is 21.3 Å². The molecule has 0 aromatic rings. The zero-order valence-electron chi connectivity index (χ0n) is 35.0. The van der Waals surface area contributed by atoms with E-state index in [4.69, 9.17) is 23.7 Å². The van der Waals surface area contributed by atoms with E-state index < -0.39 is 40.5 Å². The van der Waals surface area contributed by atoms with E-state index >= 15 is 0 Å². The zero-order chi connectivity index (χ0) is 41.7. The molecule has 16 heteroatoms. The molecule has 0 fully saturated rings. The number of carbonyl (C=O) groups excluding carboxylic acids is 6. The van der Waals surface area contributed by atoms with Crippen molar-refractivity contribution in [3.05, 3.63) is 12.2 Å². The first kappa shape index (κ1) is 49.6. The van der Waals surface area contributed by atoms with E-state index in [1.54, 1.807) is 14.2 Å². The third kappa shape index (κ3) is 22.6. The molecule has 1 aliphatic heterocycles. The van der Waals surface area contributed by atoms with Crippen LogP contribution in [0.2, 0.25) is 0 Å². The Morgan fingerprint density at radius 3 is 1.62 bits per heavy atom.